The van der Waals surface area contributed by atoms with Crippen LogP contribution < -0.4 is 5.43 Å². The topological polar surface area (TPSA) is 37.5 Å². The minimum absolute atomic E-state index is 0.332. The maximum Gasteiger partial charge on any atom is 0.0956 e. The van der Waals surface area contributed by atoms with Crippen LogP contribution in [-0.2, 0) is 0 Å². The van der Waals surface area contributed by atoms with Crippen molar-refractivity contribution < 1.29 is 4.42 Å². The average Bonchev–Trinajstić information content (AvgIpc) is 2.59. The minimum atomic E-state index is 0.332. The quantitative estimate of drug-likeness (QED) is 0.631. The fraction of sp³-hybridized carbons (Fsp3) is 0.286. The highest BCUT2D eigenvalue weighted by molar-refractivity contribution is 5.60. The predicted octanol–water partition coefficient (Wildman–Crippen LogP) is 1.30. The Hall–Kier alpha value is -1.25. The second-order valence-corrected chi connectivity index (χ2v) is 2.29. The Morgan fingerprint density at radius 3 is 3.30 bits per heavy atom. The van der Waals surface area contributed by atoms with Crippen molar-refractivity contribution in [3.63, 3.8) is 0 Å². The van der Waals surface area contributed by atoms with Crippen LogP contribution in [-0.4, -0.2) is 6.21 Å². The molecule has 2 heterocycles. The van der Waals surface area contributed by atoms with Crippen molar-refractivity contribution >= 4 is 6.21 Å². The third-order valence-corrected chi connectivity index (χ3v) is 1.61. The molecule has 1 N–H and O–H groups in total. The molecule has 0 bridgehead atoms. The Morgan fingerprint density at radius 1 is 1.70 bits per heavy atom. The highest BCUT2D eigenvalue weighted by Gasteiger charge is 2.13. The third-order valence-electron chi connectivity index (χ3n) is 1.61. The van der Waals surface area contributed by atoms with Crippen LogP contribution in [0.4, 0.5) is 0 Å². The molecule has 0 spiro atoms. The maximum atomic E-state index is 4.93. The van der Waals surface area contributed by atoms with Gasteiger partial charge in [0.15, 0.2) is 0 Å². The number of nitrogens with one attached hydrogen (secondary N) is 1. The summed E-state index contributed by atoms with van der Waals surface area (Å²) in [4.78, 5) is 0. The van der Waals surface area contributed by atoms with Gasteiger partial charge in [-0.05, 0) is 6.07 Å². The molecule has 1 atom stereocenters. The van der Waals surface area contributed by atoms with Crippen molar-refractivity contribution in [2.75, 3.05) is 0 Å². The summed E-state index contributed by atoms with van der Waals surface area (Å²) in [6.07, 6.45) is 6.25. The number of hydrazone groups is 1. The lowest BCUT2D eigenvalue weighted by Gasteiger charge is -2.03. The molecule has 0 aromatic carbocycles. The molecule has 0 saturated carbocycles. The molecule has 2 rings (SSSR count). The highest BCUT2D eigenvalue weighted by atomic mass is 16.3. The van der Waals surface area contributed by atoms with Crippen molar-refractivity contribution in [2.45, 2.75) is 12.5 Å². The largest absolute Gasteiger partial charge is 0.472 e. The lowest BCUT2D eigenvalue weighted by Crippen LogP contribution is -2.07. The van der Waals surface area contributed by atoms with Gasteiger partial charge in [0.25, 0.3) is 0 Å². The van der Waals surface area contributed by atoms with Crippen LogP contribution in [0.5, 0.6) is 0 Å². The molecule has 0 aliphatic carbocycles. The van der Waals surface area contributed by atoms with Gasteiger partial charge in [0.05, 0.1) is 18.6 Å². The van der Waals surface area contributed by atoms with Gasteiger partial charge in [-0.1, -0.05) is 0 Å². The molecule has 52 valence electrons. The minimum Gasteiger partial charge on any atom is -0.472 e. The van der Waals surface area contributed by atoms with Crippen LogP contribution in [0.3, 0.4) is 0 Å². The monoisotopic (exact) mass is 136 g/mol. The molecule has 10 heavy (non-hydrogen) atoms. The summed E-state index contributed by atoms with van der Waals surface area (Å²) in [6, 6.07) is 2.28. The van der Waals surface area contributed by atoms with Crippen molar-refractivity contribution in [3.8, 4) is 0 Å². The number of nitrogens with zero attached hydrogens (tertiary/aromatic N) is 1. The van der Waals surface area contributed by atoms with Gasteiger partial charge in [-0.25, -0.2) is 0 Å². The second kappa shape index (κ2) is 2.17. The van der Waals surface area contributed by atoms with E-state index in [0.717, 1.165) is 12.0 Å². The average molecular weight is 136 g/mol. The van der Waals surface area contributed by atoms with Crippen molar-refractivity contribution in [1.29, 1.82) is 0 Å². The molecule has 1 aromatic heterocycles. The van der Waals surface area contributed by atoms with Gasteiger partial charge in [0.2, 0.25) is 0 Å². The fourth-order valence-electron chi connectivity index (χ4n) is 1.04. The van der Waals surface area contributed by atoms with E-state index >= 15 is 0 Å². The predicted molar refractivity (Wildman–Crippen MR) is 37.7 cm³/mol. The summed E-state index contributed by atoms with van der Waals surface area (Å²) < 4.78 is 4.93. The summed E-state index contributed by atoms with van der Waals surface area (Å²) in [5.74, 6) is 0. The first-order valence-corrected chi connectivity index (χ1v) is 3.26. The number of furan rings is 1. The SMILES string of the molecule is C1=NNC(c2ccoc2)C1. The van der Waals surface area contributed by atoms with E-state index in [1.165, 1.54) is 0 Å². The molecule has 1 aliphatic rings. The lowest BCUT2D eigenvalue weighted by molar-refractivity contribution is 0.549. The summed E-state index contributed by atoms with van der Waals surface area (Å²) >= 11 is 0. The van der Waals surface area contributed by atoms with Gasteiger partial charge in [-0.3, -0.25) is 0 Å². The van der Waals surface area contributed by atoms with Crippen LogP contribution in [0.2, 0.25) is 0 Å². The fourth-order valence-corrected chi connectivity index (χ4v) is 1.04. The molecule has 0 fully saturated rings. The van der Waals surface area contributed by atoms with Crippen molar-refractivity contribution in [2.24, 2.45) is 5.10 Å². The zero-order valence-electron chi connectivity index (χ0n) is 5.45. The van der Waals surface area contributed by atoms with Crippen LogP contribution in [0.25, 0.3) is 0 Å². The van der Waals surface area contributed by atoms with E-state index in [0.29, 0.717) is 6.04 Å². The first-order chi connectivity index (χ1) is 4.97. The molecular formula is C7H8N2O. The van der Waals surface area contributed by atoms with Gasteiger partial charge in [-0.15, -0.1) is 0 Å². The first-order valence-electron chi connectivity index (χ1n) is 3.26. The van der Waals surface area contributed by atoms with Gasteiger partial charge in [-0.2, -0.15) is 5.10 Å². The molecule has 1 unspecified atom stereocenters. The van der Waals surface area contributed by atoms with Crippen LogP contribution in [0, 0.1) is 0 Å². The number of hydrogen-bond acceptors (Lipinski definition) is 3. The molecule has 0 saturated heterocycles. The molecule has 0 radical (unpaired) electrons. The molecule has 3 nitrogen and oxygen atoms in total. The van der Waals surface area contributed by atoms with Gasteiger partial charge in [0.1, 0.15) is 0 Å². The molecular weight excluding hydrogens is 128 g/mol. The second-order valence-electron chi connectivity index (χ2n) is 2.29. The Balaban J connectivity index is 2.14. The standard InChI is InChI=1S/C7H8N2O/c1-3-8-9-7(1)6-2-4-10-5-6/h2-5,7,9H,1H2. The molecule has 1 aliphatic heterocycles. The van der Waals surface area contributed by atoms with Crippen molar-refractivity contribution in [1.82, 2.24) is 5.43 Å². The van der Waals surface area contributed by atoms with Crippen LogP contribution in [0.1, 0.15) is 18.0 Å². The number of hydrogen-bond donors (Lipinski definition) is 1. The van der Waals surface area contributed by atoms with Crippen molar-refractivity contribution in [3.05, 3.63) is 24.2 Å². The van der Waals surface area contributed by atoms with E-state index in [-0.39, 0.29) is 0 Å². The van der Waals surface area contributed by atoms with E-state index in [2.05, 4.69) is 10.5 Å². The summed E-state index contributed by atoms with van der Waals surface area (Å²) in [5.41, 5.74) is 4.13. The Kier molecular flexibility index (Phi) is 1.20. The Labute approximate surface area is 58.7 Å². The van der Waals surface area contributed by atoms with Gasteiger partial charge in [0, 0.05) is 18.2 Å². The lowest BCUT2D eigenvalue weighted by atomic mass is 10.1. The van der Waals surface area contributed by atoms with E-state index in [1.807, 2.05) is 12.3 Å². The molecule has 3 heteroatoms. The van der Waals surface area contributed by atoms with E-state index < -0.39 is 0 Å². The summed E-state index contributed by atoms with van der Waals surface area (Å²) in [6.45, 7) is 0. The molecule has 0 amide bonds. The van der Waals surface area contributed by atoms with Crippen LogP contribution in [0.15, 0.2) is 28.1 Å². The van der Waals surface area contributed by atoms with E-state index in [4.69, 9.17) is 4.42 Å². The Bertz CT molecular complexity index is 220. The highest BCUT2D eigenvalue weighted by Crippen LogP contribution is 2.18. The smallest absolute Gasteiger partial charge is 0.0956 e. The van der Waals surface area contributed by atoms with Crippen LogP contribution >= 0.6 is 0 Å². The first kappa shape index (κ1) is 5.53. The van der Waals surface area contributed by atoms with Gasteiger partial charge >= 0.3 is 0 Å². The zero-order valence-corrected chi connectivity index (χ0v) is 5.45. The normalized spacial score (nSPS) is 23.0. The zero-order chi connectivity index (χ0) is 6.81. The van der Waals surface area contributed by atoms with E-state index in [1.54, 1.807) is 12.5 Å². The molecule has 1 aromatic rings. The third kappa shape index (κ3) is 0.795. The van der Waals surface area contributed by atoms with E-state index in [9.17, 15) is 0 Å². The Morgan fingerprint density at radius 2 is 2.70 bits per heavy atom. The summed E-state index contributed by atoms with van der Waals surface area (Å²) in [5, 5.41) is 3.90. The maximum absolute atomic E-state index is 4.93. The van der Waals surface area contributed by atoms with Gasteiger partial charge < -0.3 is 9.84 Å². The number of rotatable bonds is 1. The summed E-state index contributed by atoms with van der Waals surface area (Å²) in [7, 11) is 0.